The number of aryl methyl sites for hydroxylation is 1. The van der Waals surface area contributed by atoms with E-state index in [0.717, 1.165) is 11.1 Å². The lowest BCUT2D eigenvalue weighted by molar-refractivity contribution is -0.128. The predicted octanol–water partition coefficient (Wildman–Crippen LogP) is 4.64. The number of fused-ring (bicyclic) bond motifs is 1. The molecule has 0 saturated carbocycles. The van der Waals surface area contributed by atoms with E-state index in [1.807, 2.05) is 37.3 Å². The van der Waals surface area contributed by atoms with E-state index in [2.05, 4.69) is 26.8 Å². The molecule has 0 unspecified atom stereocenters. The number of benzene rings is 2. The summed E-state index contributed by atoms with van der Waals surface area (Å²) in [4.78, 5) is 12.1. The topological polar surface area (TPSA) is 44.8 Å². The Bertz CT molecular complexity index is 828. The second-order valence-electron chi connectivity index (χ2n) is 7.10. The van der Waals surface area contributed by atoms with Gasteiger partial charge in [-0.1, -0.05) is 39.0 Å². The van der Waals surface area contributed by atoms with Crippen molar-refractivity contribution in [2.45, 2.75) is 33.1 Å². The molecule has 25 heavy (non-hydrogen) atoms. The fraction of sp³-hybridized carbons (Fsp3) is 0.286. The Labute approximate surface area is 148 Å². The van der Waals surface area contributed by atoms with Crippen LogP contribution >= 0.6 is 0 Å². The zero-order valence-corrected chi connectivity index (χ0v) is 15.0. The molecule has 0 bridgehead atoms. The fourth-order valence-electron chi connectivity index (χ4n) is 2.55. The molecule has 2 aromatic rings. The van der Waals surface area contributed by atoms with Gasteiger partial charge in [-0.25, -0.2) is 4.79 Å². The molecule has 1 aliphatic rings. The maximum Gasteiger partial charge on any atom is 0.336 e. The largest absolute Gasteiger partial charge is 0.454 e. The van der Waals surface area contributed by atoms with Crippen molar-refractivity contribution < 1.29 is 19.0 Å². The Kier molecular flexibility index (Phi) is 4.53. The van der Waals surface area contributed by atoms with Gasteiger partial charge in [0.05, 0.1) is 0 Å². The van der Waals surface area contributed by atoms with Gasteiger partial charge in [-0.15, -0.1) is 0 Å². The van der Waals surface area contributed by atoms with Crippen LogP contribution in [0.4, 0.5) is 0 Å². The lowest BCUT2D eigenvalue weighted by Crippen LogP contribution is -2.12. The van der Waals surface area contributed by atoms with Gasteiger partial charge in [0.15, 0.2) is 11.5 Å². The number of carbonyl (C=O) groups excluding carboxylic acids is 1. The van der Waals surface area contributed by atoms with Crippen molar-refractivity contribution in [3.8, 4) is 17.2 Å². The summed E-state index contributed by atoms with van der Waals surface area (Å²) in [5.41, 5.74) is 3.06. The minimum absolute atomic E-state index is 0.0621. The van der Waals surface area contributed by atoms with Crippen LogP contribution in [-0.4, -0.2) is 12.8 Å². The minimum Gasteiger partial charge on any atom is -0.454 e. The van der Waals surface area contributed by atoms with Crippen LogP contribution in [0.1, 0.15) is 37.5 Å². The zero-order chi connectivity index (χ0) is 18.0. The lowest BCUT2D eigenvalue weighted by atomic mass is 9.86. The molecule has 3 rings (SSSR count). The first-order valence-electron chi connectivity index (χ1n) is 8.23. The Balaban J connectivity index is 1.68. The van der Waals surface area contributed by atoms with Crippen LogP contribution in [-0.2, 0) is 10.2 Å². The third kappa shape index (κ3) is 4.02. The molecule has 0 atom stereocenters. The van der Waals surface area contributed by atoms with Gasteiger partial charge in [0.25, 0.3) is 0 Å². The van der Waals surface area contributed by atoms with Crippen LogP contribution in [0, 0.1) is 6.92 Å². The molecule has 0 aromatic heterocycles. The standard InChI is InChI=1S/C21H22O4/c1-14-11-16(21(2,3)4)7-9-17(14)25-20(22)10-6-15-5-8-18-19(12-15)24-13-23-18/h5-12H,13H2,1-4H3/b10-6+. The van der Waals surface area contributed by atoms with E-state index in [1.54, 1.807) is 6.08 Å². The highest BCUT2D eigenvalue weighted by molar-refractivity contribution is 5.89. The molecule has 0 amide bonds. The summed E-state index contributed by atoms with van der Waals surface area (Å²) in [5.74, 6) is 1.57. The molecule has 2 aromatic carbocycles. The number of hydrogen-bond donors (Lipinski definition) is 0. The van der Waals surface area contributed by atoms with Crippen LogP contribution in [0.3, 0.4) is 0 Å². The first-order valence-corrected chi connectivity index (χ1v) is 8.23. The lowest BCUT2D eigenvalue weighted by Gasteiger charge is -2.20. The van der Waals surface area contributed by atoms with E-state index in [4.69, 9.17) is 14.2 Å². The molecule has 4 nitrogen and oxygen atoms in total. The highest BCUT2D eigenvalue weighted by Crippen LogP contribution is 2.33. The Morgan fingerprint density at radius 3 is 2.56 bits per heavy atom. The van der Waals surface area contributed by atoms with Crippen LogP contribution in [0.5, 0.6) is 17.2 Å². The van der Waals surface area contributed by atoms with Crippen molar-refractivity contribution >= 4 is 12.0 Å². The predicted molar refractivity (Wildman–Crippen MR) is 97.1 cm³/mol. The van der Waals surface area contributed by atoms with Gasteiger partial charge in [0.2, 0.25) is 6.79 Å². The van der Waals surface area contributed by atoms with Gasteiger partial charge in [-0.3, -0.25) is 0 Å². The molecule has 1 heterocycles. The molecular formula is C21H22O4. The summed E-state index contributed by atoms with van der Waals surface area (Å²) in [5, 5.41) is 0. The van der Waals surface area contributed by atoms with Crippen molar-refractivity contribution in [2.75, 3.05) is 6.79 Å². The van der Waals surface area contributed by atoms with Crippen LogP contribution < -0.4 is 14.2 Å². The number of carbonyl (C=O) groups is 1. The fourth-order valence-corrected chi connectivity index (χ4v) is 2.55. The molecule has 0 N–H and O–H groups in total. The van der Waals surface area contributed by atoms with E-state index in [9.17, 15) is 4.79 Å². The maximum absolute atomic E-state index is 12.1. The summed E-state index contributed by atoms with van der Waals surface area (Å²) >= 11 is 0. The van der Waals surface area contributed by atoms with Gasteiger partial charge in [-0.05, 0) is 53.3 Å². The third-order valence-electron chi connectivity index (χ3n) is 4.06. The van der Waals surface area contributed by atoms with E-state index >= 15 is 0 Å². The SMILES string of the molecule is Cc1cc(C(C)(C)C)ccc1OC(=O)/C=C/c1ccc2c(c1)OCO2. The van der Waals surface area contributed by atoms with Gasteiger partial charge in [-0.2, -0.15) is 0 Å². The molecule has 1 aliphatic heterocycles. The smallest absolute Gasteiger partial charge is 0.336 e. The van der Waals surface area contributed by atoms with Crippen molar-refractivity contribution in [2.24, 2.45) is 0 Å². The molecule has 0 spiro atoms. The van der Waals surface area contributed by atoms with E-state index in [-0.39, 0.29) is 12.2 Å². The summed E-state index contributed by atoms with van der Waals surface area (Å²) in [6.07, 6.45) is 3.11. The van der Waals surface area contributed by atoms with Gasteiger partial charge in [0, 0.05) is 6.08 Å². The highest BCUT2D eigenvalue weighted by Gasteiger charge is 2.15. The number of esters is 1. The van der Waals surface area contributed by atoms with Crippen molar-refractivity contribution in [1.29, 1.82) is 0 Å². The highest BCUT2D eigenvalue weighted by atomic mass is 16.7. The molecule has 0 radical (unpaired) electrons. The molecule has 0 aliphatic carbocycles. The molecule has 130 valence electrons. The van der Waals surface area contributed by atoms with E-state index in [1.165, 1.54) is 11.6 Å². The number of hydrogen-bond acceptors (Lipinski definition) is 4. The molecule has 0 saturated heterocycles. The average molecular weight is 338 g/mol. The second-order valence-corrected chi connectivity index (χ2v) is 7.10. The van der Waals surface area contributed by atoms with Gasteiger partial charge >= 0.3 is 5.97 Å². The summed E-state index contributed by atoms with van der Waals surface area (Å²) < 4.78 is 16.0. The van der Waals surface area contributed by atoms with Gasteiger partial charge in [0.1, 0.15) is 5.75 Å². The van der Waals surface area contributed by atoms with Crippen molar-refractivity contribution in [3.05, 3.63) is 59.2 Å². The minimum atomic E-state index is -0.413. The summed E-state index contributed by atoms with van der Waals surface area (Å²) in [6, 6.07) is 11.4. The Hall–Kier alpha value is -2.75. The Morgan fingerprint density at radius 1 is 1.08 bits per heavy atom. The van der Waals surface area contributed by atoms with Gasteiger partial charge < -0.3 is 14.2 Å². The summed E-state index contributed by atoms with van der Waals surface area (Å²) in [7, 11) is 0. The maximum atomic E-state index is 12.1. The first-order chi connectivity index (χ1) is 11.8. The zero-order valence-electron chi connectivity index (χ0n) is 15.0. The van der Waals surface area contributed by atoms with Crippen LogP contribution in [0.15, 0.2) is 42.5 Å². The average Bonchev–Trinajstić information content (AvgIpc) is 3.01. The third-order valence-corrected chi connectivity index (χ3v) is 4.06. The van der Waals surface area contributed by atoms with Crippen LogP contribution in [0.2, 0.25) is 0 Å². The Morgan fingerprint density at radius 2 is 1.84 bits per heavy atom. The van der Waals surface area contributed by atoms with E-state index in [0.29, 0.717) is 17.2 Å². The van der Waals surface area contributed by atoms with Crippen LogP contribution in [0.25, 0.3) is 6.08 Å². The second kappa shape index (κ2) is 6.63. The first kappa shape index (κ1) is 17.1. The number of rotatable bonds is 3. The molecule has 4 heteroatoms. The number of ether oxygens (including phenoxy) is 3. The normalized spacial score (nSPS) is 13.3. The van der Waals surface area contributed by atoms with Crippen molar-refractivity contribution in [1.82, 2.24) is 0 Å². The molecular weight excluding hydrogens is 316 g/mol. The quantitative estimate of drug-likeness (QED) is 0.465. The molecule has 0 fully saturated rings. The van der Waals surface area contributed by atoms with Crippen molar-refractivity contribution in [3.63, 3.8) is 0 Å². The van der Waals surface area contributed by atoms with E-state index < -0.39 is 5.97 Å². The summed E-state index contributed by atoms with van der Waals surface area (Å²) in [6.45, 7) is 8.64. The monoisotopic (exact) mass is 338 g/mol.